The molecule has 1 amide bonds. The molecule has 1 aliphatic heterocycles. The number of hydrogen-bond donors (Lipinski definition) is 0. The van der Waals surface area contributed by atoms with Crippen LogP contribution in [0.4, 0.5) is 4.39 Å². The summed E-state index contributed by atoms with van der Waals surface area (Å²) in [5.74, 6) is 0.176. The van der Waals surface area contributed by atoms with E-state index in [9.17, 15) is 9.18 Å². The molecule has 0 radical (unpaired) electrons. The summed E-state index contributed by atoms with van der Waals surface area (Å²) in [4.78, 5) is 20.4. The first-order valence-corrected chi connectivity index (χ1v) is 12.1. The zero-order valence-corrected chi connectivity index (χ0v) is 20.7. The van der Waals surface area contributed by atoms with Crippen molar-refractivity contribution in [2.24, 2.45) is 7.05 Å². The molecule has 0 N–H and O–H groups in total. The van der Waals surface area contributed by atoms with E-state index in [4.69, 9.17) is 14.5 Å². The molecule has 4 aromatic rings. The van der Waals surface area contributed by atoms with Crippen LogP contribution in [-0.2, 0) is 18.3 Å². The van der Waals surface area contributed by atoms with Crippen LogP contribution in [0.25, 0.3) is 22.2 Å². The van der Waals surface area contributed by atoms with E-state index in [1.807, 2.05) is 37.3 Å². The predicted octanol–water partition coefficient (Wildman–Crippen LogP) is 4.91. The largest absolute Gasteiger partial charge is 0.496 e. The van der Waals surface area contributed by atoms with E-state index >= 15 is 0 Å². The number of carbonyl (C=O) groups is 1. The van der Waals surface area contributed by atoms with Crippen LogP contribution < -0.4 is 4.74 Å². The minimum absolute atomic E-state index is 0.0273. The van der Waals surface area contributed by atoms with Crippen LogP contribution in [0.3, 0.4) is 0 Å². The minimum Gasteiger partial charge on any atom is -0.496 e. The highest BCUT2D eigenvalue weighted by Gasteiger charge is 2.27. The lowest BCUT2D eigenvalue weighted by Gasteiger charge is -2.27. The van der Waals surface area contributed by atoms with E-state index in [0.717, 1.165) is 35.0 Å². The Morgan fingerprint density at radius 2 is 2.06 bits per heavy atom. The van der Waals surface area contributed by atoms with Crippen LogP contribution >= 0.6 is 0 Å². The van der Waals surface area contributed by atoms with E-state index in [1.165, 1.54) is 12.1 Å². The summed E-state index contributed by atoms with van der Waals surface area (Å²) in [5, 5.41) is 5.16. The Morgan fingerprint density at radius 3 is 2.78 bits per heavy atom. The van der Waals surface area contributed by atoms with Crippen molar-refractivity contribution in [2.75, 3.05) is 20.3 Å². The molecule has 3 heterocycles. The van der Waals surface area contributed by atoms with Crippen molar-refractivity contribution in [3.63, 3.8) is 0 Å². The van der Waals surface area contributed by atoms with Gasteiger partial charge in [0, 0.05) is 43.8 Å². The number of aromatic nitrogens is 3. The molecule has 5 rings (SSSR count). The molecule has 1 saturated heterocycles. The number of pyridine rings is 1. The van der Waals surface area contributed by atoms with Gasteiger partial charge in [0.25, 0.3) is 5.91 Å². The molecule has 0 aliphatic carbocycles. The van der Waals surface area contributed by atoms with Gasteiger partial charge in [0.05, 0.1) is 30.1 Å². The quantitative estimate of drug-likeness (QED) is 0.370. The van der Waals surface area contributed by atoms with E-state index < -0.39 is 0 Å². The molecule has 0 spiro atoms. The summed E-state index contributed by atoms with van der Waals surface area (Å²) in [6.45, 7) is 3.33. The van der Waals surface area contributed by atoms with Gasteiger partial charge < -0.3 is 14.4 Å². The van der Waals surface area contributed by atoms with Crippen molar-refractivity contribution in [1.29, 1.82) is 0 Å². The number of para-hydroxylation sites is 1. The van der Waals surface area contributed by atoms with Crippen molar-refractivity contribution in [3.8, 4) is 17.0 Å². The third-order valence-electron chi connectivity index (χ3n) is 6.54. The molecule has 8 heteroatoms. The van der Waals surface area contributed by atoms with E-state index in [1.54, 1.807) is 35.9 Å². The van der Waals surface area contributed by atoms with Gasteiger partial charge in [0.15, 0.2) is 0 Å². The lowest BCUT2D eigenvalue weighted by molar-refractivity contribution is 0.0499. The molecule has 2 aromatic heterocycles. The minimum atomic E-state index is -0.351. The number of ether oxygens (including phenoxy) is 2. The fourth-order valence-corrected chi connectivity index (χ4v) is 4.81. The van der Waals surface area contributed by atoms with Gasteiger partial charge in [0.1, 0.15) is 17.3 Å². The standard InChI is InChI=1S/C28H29FN4O3/c1-18-13-25(32(2)31-18)28(34)33(17-22-7-6-12-36-22)16-20-14-19-10-11-21(29)15-24(19)30-27(20)23-8-4-5-9-26(23)35-3/h4-5,8-11,13-15,22H,6-7,12,16-17H2,1-3H3/t22-/m1/s1. The van der Waals surface area contributed by atoms with Crippen LogP contribution in [0.15, 0.2) is 54.6 Å². The number of benzene rings is 2. The second-order valence-electron chi connectivity index (χ2n) is 9.15. The summed E-state index contributed by atoms with van der Waals surface area (Å²) in [7, 11) is 3.38. The molecule has 7 nitrogen and oxygen atoms in total. The van der Waals surface area contributed by atoms with Gasteiger partial charge in [-0.05, 0) is 61.7 Å². The number of fused-ring (bicyclic) bond motifs is 1. The van der Waals surface area contributed by atoms with E-state index in [-0.39, 0.29) is 17.8 Å². The van der Waals surface area contributed by atoms with Crippen molar-refractivity contribution < 1.29 is 18.7 Å². The highest BCUT2D eigenvalue weighted by molar-refractivity contribution is 5.93. The molecule has 0 unspecified atom stereocenters. The third-order valence-corrected chi connectivity index (χ3v) is 6.54. The monoisotopic (exact) mass is 488 g/mol. The Morgan fingerprint density at radius 1 is 1.22 bits per heavy atom. The van der Waals surface area contributed by atoms with Gasteiger partial charge in [0.2, 0.25) is 0 Å². The Hall–Kier alpha value is -3.78. The number of halogens is 1. The van der Waals surface area contributed by atoms with Crippen molar-refractivity contribution in [3.05, 3.63) is 77.4 Å². The van der Waals surface area contributed by atoms with Crippen LogP contribution in [0.5, 0.6) is 5.75 Å². The Bertz CT molecular complexity index is 1410. The Labute approximate surface area is 209 Å². The molecule has 2 aromatic carbocycles. The molecule has 1 atom stereocenters. The first-order valence-electron chi connectivity index (χ1n) is 12.1. The van der Waals surface area contributed by atoms with Crippen molar-refractivity contribution in [1.82, 2.24) is 19.7 Å². The average molecular weight is 489 g/mol. The van der Waals surface area contributed by atoms with Crippen molar-refractivity contribution >= 4 is 16.8 Å². The molecular weight excluding hydrogens is 459 g/mol. The van der Waals surface area contributed by atoms with E-state index in [2.05, 4.69) is 5.10 Å². The highest BCUT2D eigenvalue weighted by atomic mass is 19.1. The first-order chi connectivity index (χ1) is 17.4. The maximum absolute atomic E-state index is 14.0. The lowest BCUT2D eigenvalue weighted by Crippen LogP contribution is -2.38. The van der Waals surface area contributed by atoms with Crippen LogP contribution in [0.1, 0.15) is 34.6 Å². The molecular formula is C28H29FN4O3. The average Bonchev–Trinajstić information content (AvgIpc) is 3.51. The molecule has 0 saturated carbocycles. The van der Waals surface area contributed by atoms with Gasteiger partial charge >= 0.3 is 0 Å². The third kappa shape index (κ3) is 4.81. The van der Waals surface area contributed by atoms with Gasteiger partial charge in [-0.15, -0.1) is 0 Å². The summed E-state index contributed by atoms with van der Waals surface area (Å²) >= 11 is 0. The van der Waals surface area contributed by atoms with Gasteiger partial charge in [-0.3, -0.25) is 9.48 Å². The number of amides is 1. The normalized spacial score (nSPS) is 15.4. The number of hydrogen-bond acceptors (Lipinski definition) is 5. The number of methoxy groups -OCH3 is 1. The maximum atomic E-state index is 14.0. The smallest absolute Gasteiger partial charge is 0.272 e. The number of rotatable bonds is 7. The SMILES string of the molecule is COc1ccccc1-c1nc2cc(F)ccc2cc1CN(C[C@H]1CCCO1)C(=O)c1cc(C)nn1C. The van der Waals surface area contributed by atoms with Crippen LogP contribution in [-0.4, -0.2) is 51.9 Å². The second-order valence-corrected chi connectivity index (χ2v) is 9.15. The Kier molecular flexibility index (Phi) is 6.69. The molecule has 36 heavy (non-hydrogen) atoms. The number of aryl methyl sites for hydroxylation is 2. The Balaban J connectivity index is 1.62. The van der Waals surface area contributed by atoms with Crippen LogP contribution in [0, 0.1) is 12.7 Å². The highest BCUT2D eigenvalue weighted by Crippen LogP contribution is 2.34. The van der Waals surface area contributed by atoms with Gasteiger partial charge in [-0.2, -0.15) is 5.10 Å². The first kappa shape index (κ1) is 23.9. The number of nitrogens with zero attached hydrogens (tertiary/aromatic N) is 4. The summed E-state index contributed by atoms with van der Waals surface area (Å²) < 4.78 is 27.2. The topological polar surface area (TPSA) is 69.5 Å². The number of carbonyl (C=O) groups excluding carboxylic acids is 1. The second kappa shape index (κ2) is 10.1. The summed E-state index contributed by atoms with van der Waals surface area (Å²) in [6, 6.07) is 15.9. The maximum Gasteiger partial charge on any atom is 0.272 e. The fourth-order valence-electron chi connectivity index (χ4n) is 4.81. The summed E-state index contributed by atoms with van der Waals surface area (Å²) in [5.41, 5.74) is 4.10. The summed E-state index contributed by atoms with van der Waals surface area (Å²) in [6.07, 6.45) is 1.86. The molecule has 1 aliphatic rings. The lowest BCUT2D eigenvalue weighted by atomic mass is 10.0. The van der Waals surface area contributed by atoms with Crippen molar-refractivity contribution in [2.45, 2.75) is 32.4 Å². The predicted molar refractivity (Wildman–Crippen MR) is 135 cm³/mol. The van der Waals surface area contributed by atoms with Gasteiger partial charge in [-0.1, -0.05) is 12.1 Å². The van der Waals surface area contributed by atoms with Gasteiger partial charge in [-0.25, -0.2) is 9.37 Å². The molecule has 0 bridgehead atoms. The molecule has 1 fully saturated rings. The zero-order chi connectivity index (χ0) is 25.2. The zero-order valence-electron chi connectivity index (χ0n) is 20.7. The molecule has 186 valence electrons. The van der Waals surface area contributed by atoms with E-state index in [0.29, 0.717) is 42.4 Å². The fraction of sp³-hybridized carbons (Fsp3) is 0.321. The van der Waals surface area contributed by atoms with Crippen LogP contribution in [0.2, 0.25) is 0 Å².